The van der Waals surface area contributed by atoms with Crippen LogP contribution in [0.25, 0.3) is 15.9 Å². The Labute approximate surface area is 184 Å². The number of carbonyl (C=O) groups is 1. The first-order valence-corrected chi connectivity index (χ1v) is 12.5. The number of aryl methyl sites for hydroxylation is 1. The van der Waals surface area contributed by atoms with Gasteiger partial charge in [-0.05, 0) is 55.7 Å². The van der Waals surface area contributed by atoms with Gasteiger partial charge >= 0.3 is 0 Å². The number of thioether (sulfide) groups is 1. The van der Waals surface area contributed by atoms with Crippen LogP contribution in [0.3, 0.4) is 0 Å². The topological polar surface area (TPSA) is 55.2 Å². The minimum Gasteiger partial charge on any atom is -0.342 e. The summed E-state index contributed by atoms with van der Waals surface area (Å²) >= 11 is 3.04. The second-order valence-corrected chi connectivity index (χ2v) is 10.3. The van der Waals surface area contributed by atoms with Gasteiger partial charge in [-0.1, -0.05) is 36.9 Å². The molecule has 2 aromatic heterocycles. The summed E-state index contributed by atoms with van der Waals surface area (Å²) in [6, 6.07) is 9.67. The van der Waals surface area contributed by atoms with E-state index in [0.29, 0.717) is 16.8 Å². The maximum Gasteiger partial charge on any atom is 0.267 e. The van der Waals surface area contributed by atoms with Crippen molar-refractivity contribution in [3.8, 4) is 5.69 Å². The number of amides is 1. The third-order valence-electron chi connectivity index (χ3n) is 6.10. The predicted octanol–water partition coefficient (Wildman–Crippen LogP) is 4.29. The zero-order valence-electron chi connectivity index (χ0n) is 17.1. The summed E-state index contributed by atoms with van der Waals surface area (Å²) in [5.41, 5.74) is 1.99. The van der Waals surface area contributed by atoms with E-state index < -0.39 is 0 Å². The van der Waals surface area contributed by atoms with Crippen molar-refractivity contribution in [2.75, 3.05) is 18.8 Å². The van der Waals surface area contributed by atoms with Crippen LogP contribution in [0.15, 0.2) is 40.3 Å². The normalized spacial score (nSPS) is 18.7. The van der Waals surface area contributed by atoms with Crippen molar-refractivity contribution in [3.63, 3.8) is 0 Å². The number of thiophene rings is 1. The highest BCUT2D eigenvalue weighted by Gasteiger charge is 2.26. The molecule has 5 nitrogen and oxygen atoms in total. The van der Waals surface area contributed by atoms with Gasteiger partial charge in [0.2, 0.25) is 5.91 Å². The first-order valence-electron chi connectivity index (χ1n) is 10.6. The maximum atomic E-state index is 13.7. The summed E-state index contributed by atoms with van der Waals surface area (Å²) in [5, 5.41) is 1.39. The minimum absolute atomic E-state index is 0.00521. The summed E-state index contributed by atoms with van der Waals surface area (Å²) < 4.78 is 1.70. The lowest BCUT2D eigenvalue weighted by Gasteiger charge is -2.18. The van der Waals surface area contributed by atoms with Crippen LogP contribution in [0.1, 0.15) is 36.6 Å². The zero-order valence-corrected chi connectivity index (χ0v) is 18.7. The molecule has 3 heterocycles. The summed E-state index contributed by atoms with van der Waals surface area (Å²) in [6.45, 7) is 3.95. The highest BCUT2D eigenvalue weighted by molar-refractivity contribution is 7.99. The van der Waals surface area contributed by atoms with E-state index >= 15 is 0 Å². The van der Waals surface area contributed by atoms with Crippen LogP contribution in [0.5, 0.6) is 0 Å². The van der Waals surface area contributed by atoms with Gasteiger partial charge in [-0.25, -0.2) is 4.98 Å². The number of rotatable bonds is 4. The third-order valence-corrected chi connectivity index (χ3v) is 8.17. The lowest BCUT2D eigenvalue weighted by Crippen LogP contribution is -2.29. The van der Waals surface area contributed by atoms with Crippen LogP contribution in [-0.4, -0.2) is 39.2 Å². The van der Waals surface area contributed by atoms with Gasteiger partial charge in [0.15, 0.2) is 5.16 Å². The first kappa shape index (κ1) is 19.8. The van der Waals surface area contributed by atoms with Crippen LogP contribution < -0.4 is 5.56 Å². The summed E-state index contributed by atoms with van der Waals surface area (Å²) in [5.74, 6) is 1.09. The SMILES string of the molecule is CC1CCc2c(sc3nc(SCC(=O)N4CCCC4)n(-c4ccccc4)c(=O)c23)C1. The summed E-state index contributed by atoms with van der Waals surface area (Å²) in [6.07, 6.45) is 5.24. The maximum absolute atomic E-state index is 13.7. The van der Waals surface area contributed by atoms with E-state index in [4.69, 9.17) is 4.98 Å². The molecule has 1 atom stereocenters. The quantitative estimate of drug-likeness (QED) is 0.450. The molecule has 1 aliphatic carbocycles. The molecule has 1 aromatic carbocycles. The molecular weight excluding hydrogens is 414 g/mol. The predicted molar refractivity (Wildman–Crippen MR) is 123 cm³/mol. The van der Waals surface area contributed by atoms with Crippen molar-refractivity contribution >= 4 is 39.2 Å². The van der Waals surface area contributed by atoms with E-state index in [9.17, 15) is 9.59 Å². The van der Waals surface area contributed by atoms with Crippen LogP contribution in [-0.2, 0) is 17.6 Å². The molecule has 0 saturated carbocycles. The molecule has 30 heavy (non-hydrogen) atoms. The molecular formula is C23H25N3O2S2. The number of nitrogens with zero attached hydrogens (tertiary/aromatic N) is 3. The van der Waals surface area contributed by atoms with Gasteiger partial charge < -0.3 is 4.90 Å². The third kappa shape index (κ3) is 3.58. The zero-order chi connectivity index (χ0) is 20.7. The Bertz CT molecular complexity index is 1150. The van der Waals surface area contributed by atoms with E-state index in [2.05, 4.69) is 6.92 Å². The van der Waals surface area contributed by atoms with Gasteiger partial charge in [0.05, 0.1) is 16.8 Å². The first-order chi connectivity index (χ1) is 14.6. The molecule has 1 fully saturated rings. The van der Waals surface area contributed by atoms with Crippen molar-refractivity contribution in [1.82, 2.24) is 14.5 Å². The molecule has 1 aliphatic heterocycles. The Morgan fingerprint density at radius 3 is 2.77 bits per heavy atom. The number of aromatic nitrogens is 2. The molecule has 0 N–H and O–H groups in total. The van der Waals surface area contributed by atoms with Crippen molar-refractivity contribution in [3.05, 3.63) is 51.1 Å². The summed E-state index contributed by atoms with van der Waals surface area (Å²) in [4.78, 5) is 35.3. The summed E-state index contributed by atoms with van der Waals surface area (Å²) in [7, 11) is 0. The number of fused-ring (bicyclic) bond motifs is 3. The Kier molecular flexibility index (Phi) is 5.41. The van der Waals surface area contributed by atoms with Gasteiger partial charge in [0.25, 0.3) is 5.56 Å². The van der Waals surface area contributed by atoms with Crippen molar-refractivity contribution in [2.24, 2.45) is 5.92 Å². The van der Waals surface area contributed by atoms with Crippen LogP contribution in [0, 0.1) is 5.92 Å². The lowest BCUT2D eigenvalue weighted by molar-refractivity contribution is -0.127. The molecule has 5 rings (SSSR count). The monoisotopic (exact) mass is 439 g/mol. The number of hydrogen-bond donors (Lipinski definition) is 0. The largest absolute Gasteiger partial charge is 0.342 e. The molecule has 156 valence electrons. The minimum atomic E-state index is -0.00521. The van der Waals surface area contributed by atoms with E-state index in [1.807, 2.05) is 35.2 Å². The van der Waals surface area contributed by atoms with E-state index in [1.165, 1.54) is 22.2 Å². The Morgan fingerprint density at radius 2 is 2.00 bits per heavy atom. The smallest absolute Gasteiger partial charge is 0.267 e. The van der Waals surface area contributed by atoms with E-state index in [-0.39, 0.29) is 11.5 Å². The number of hydrogen-bond acceptors (Lipinski definition) is 5. The molecule has 0 spiro atoms. The van der Waals surface area contributed by atoms with Crippen LogP contribution in [0.4, 0.5) is 0 Å². The number of para-hydroxylation sites is 1. The fraction of sp³-hybridized carbons (Fsp3) is 0.435. The fourth-order valence-electron chi connectivity index (χ4n) is 4.46. The van der Waals surface area contributed by atoms with Crippen LogP contribution in [0.2, 0.25) is 0 Å². The molecule has 1 unspecified atom stereocenters. The van der Waals surface area contributed by atoms with Crippen molar-refractivity contribution < 1.29 is 4.79 Å². The molecule has 0 bridgehead atoms. The average Bonchev–Trinajstić information content (AvgIpc) is 3.40. The van der Waals surface area contributed by atoms with Gasteiger partial charge in [-0.3, -0.25) is 14.2 Å². The number of carbonyl (C=O) groups excluding carboxylic acids is 1. The number of benzene rings is 1. The highest BCUT2D eigenvalue weighted by Crippen LogP contribution is 2.37. The Hall–Kier alpha value is -2.12. The average molecular weight is 440 g/mol. The lowest BCUT2D eigenvalue weighted by atomic mass is 9.89. The van der Waals surface area contributed by atoms with Crippen molar-refractivity contribution in [1.29, 1.82) is 0 Å². The van der Waals surface area contributed by atoms with Gasteiger partial charge in [-0.15, -0.1) is 11.3 Å². The molecule has 0 radical (unpaired) electrons. The Balaban J connectivity index is 1.59. The standard InChI is InChI=1S/C23H25N3O2S2/c1-15-9-10-17-18(13-15)30-21-20(17)22(28)26(16-7-3-2-4-8-16)23(24-21)29-14-19(27)25-11-5-6-12-25/h2-4,7-8,15H,5-6,9-14H2,1H3. The van der Waals surface area contributed by atoms with E-state index in [1.54, 1.807) is 15.9 Å². The fourth-order valence-corrected chi connectivity index (χ4v) is 6.80. The van der Waals surface area contributed by atoms with Crippen LogP contribution >= 0.6 is 23.1 Å². The van der Waals surface area contributed by atoms with Crippen molar-refractivity contribution in [2.45, 2.75) is 44.2 Å². The second kappa shape index (κ2) is 8.19. The molecule has 1 saturated heterocycles. The second-order valence-electron chi connectivity index (χ2n) is 8.28. The van der Waals surface area contributed by atoms with Gasteiger partial charge in [0.1, 0.15) is 4.83 Å². The highest BCUT2D eigenvalue weighted by atomic mass is 32.2. The molecule has 1 amide bonds. The Morgan fingerprint density at radius 1 is 1.23 bits per heavy atom. The van der Waals surface area contributed by atoms with E-state index in [0.717, 1.165) is 61.1 Å². The molecule has 3 aromatic rings. The van der Waals surface area contributed by atoms with Gasteiger partial charge in [-0.2, -0.15) is 0 Å². The molecule has 7 heteroatoms. The van der Waals surface area contributed by atoms with Gasteiger partial charge in [0, 0.05) is 18.0 Å². The molecule has 2 aliphatic rings. The number of likely N-dealkylation sites (tertiary alicyclic amines) is 1.